The summed E-state index contributed by atoms with van der Waals surface area (Å²) in [6, 6.07) is 3.54. The first-order chi connectivity index (χ1) is 9.45. The van der Waals surface area contributed by atoms with Gasteiger partial charge in [-0.1, -0.05) is 0 Å². The van der Waals surface area contributed by atoms with Gasteiger partial charge in [-0.25, -0.2) is 4.79 Å². The van der Waals surface area contributed by atoms with E-state index in [4.69, 9.17) is 9.84 Å². The summed E-state index contributed by atoms with van der Waals surface area (Å²) in [5.74, 6) is -1.06. The molecule has 1 heterocycles. The average Bonchev–Trinajstić information content (AvgIpc) is 2.85. The van der Waals surface area contributed by atoms with Crippen LogP contribution in [0.4, 0.5) is 0 Å². The number of rotatable bonds is 7. The van der Waals surface area contributed by atoms with Crippen molar-refractivity contribution in [1.29, 1.82) is 0 Å². The van der Waals surface area contributed by atoms with Gasteiger partial charge in [-0.3, -0.25) is 4.79 Å². The summed E-state index contributed by atoms with van der Waals surface area (Å²) in [4.78, 5) is 25.9. The van der Waals surface area contributed by atoms with E-state index in [2.05, 4.69) is 0 Å². The van der Waals surface area contributed by atoms with Crippen molar-refractivity contribution in [2.45, 2.75) is 19.9 Å². The summed E-state index contributed by atoms with van der Waals surface area (Å²) < 4.78 is 5.01. The molecule has 0 aliphatic carbocycles. The van der Waals surface area contributed by atoms with Crippen LogP contribution in [0, 0.1) is 0 Å². The fourth-order valence-electron chi connectivity index (χ4n) is 1.64. The standard InChI is InChI=1S/C14H19NO4S/c1-10(2)15(8-9-19-3)14(18)12-6-4-11(20-12)5-7-13(16)17/h4-7,10H,8-9H2,1-3H3,(H,16,17)/b7-5+. The number of aliphatic carboxylic acids is 1. The molecule has 0 spiro atoms. The summed E-state index contributed by atoms with van der Waals surface area (Å²) in [5.41, 5.74) is 0. The van der Waals surface area contributed by atoms with Crippen LogP contribution in [0.2, 0.25) is 0 Å². The Bertz CT molecular complexity index is 493. The van der Waals surface area contributed by atoms with Gasteiger partial charge < -0.3 is 14.7 Å². The lowest BCUT2D eigenvalue weighted by Crippen LogP contribution is -2.38. The quantitative estimate of drug-likeness (QED) is 0.784. The van der Waals surface area contributed by atoms with Crippen LogP contribution in [-0.2, 0) is 9.53 Å². The normalized spacial score (nSPS) is 11.2. The number of hydrogen-bond acceptors (Lipinski definition) is 4. The Morgan fingerprint density at radius 3 is 2.70 bits per heavy atom. The van der Waals surface area contributed by atoms with Crippen LogP contribution in [-0.4, -0.2) is 48.2 Å². The van der Waals surface area contributed by atoms with Crippen LogP contribution in [0.5, 0.6) is 0 Å². The van der Waals surface area contributed by atoms with E-state index < -0.39 is 5.97 Å². The molecule has 0 aliphatic rings. The second-order valence-electron chi connectivity index (χ2n) is 4.46. The molecule has 1 rings (SSSR count). The van der Waals surface area contributed by atoms with Gasteiger partial charge in [0.2, 0.25) is 0 Å². The molecular formula is C14H19NO4S. The zero-order chi connectivity index (χ0) is 15.1. The lowest BCUT2D eigenvalue weighted by molar-refractivity contribution is -0.131. The number of carbonyl (C=O) groups is 2. The minimum atomic E-state index is -1.00. The molecule has 1 amide bonds. The minimum absolute atomic E-state index is 0.0583. The van der Waals surface area contributed by atoms with Crippen LogP contribution in [0.3, 0.4) is 0 Å². The van der Waals surface area contributed by atoms with E-state index in [-0.39, 0.29) is 11.9 Å². The Labute approximate surface area is 122 Å². The van der Waals surface area contributed by atoms with Crippen molar-refractivity contribution in [2.75, 3.05) is 20.3 Å². The second kappa shape index (κ2) is 7.81. The number of carboxylic acid groups (broad SMARTS) is 1. The zero-order valence-corrected chi connectivity index (χ0v) is 12.6. The Balaban J connectivity index is 2.82. The van der Waals surface area contributed by atoms with E-state index in [1.807, 2.05) is 13.8 Å². The highest BCUT2D eigenvalue weighted by atomic mass is 32.1. The Morgan fingerprint density at radius 1 is 1.45 bits per heavy atom. The van der Waals surface area contributed by atoms with Crippen molar-refractivity contribution >= 4 is 29.3 Å². The molecule has 1 N–H and O–H groups in total. The summed E-state index contributed by atoms with van der Waals surface area (Å²) in [6.45, 7) is 4.92. The molecule has 0 unspecified atom stereocenters. The van der Waals surface area contributed by atoms with Crippen molar-refractivity contribution in [2.24, 2.45) is 0 Å². The smallest absolute Gasteiger partial charge is 0.328 e. The molecule has 0 saturated heterocycles. The fraction of sp³-hybridized carbons (Fsp3) is 0.429. The van der Waals surface area contributed by atoms with Gasteiger partial charge in [0.05, 0.1) is 11.5 Å². The van der Waals surface area contributed by atoms with E-state index in [1.54, 1.807) is 24.1 Å². The van der Waals surface area contributed by atoms with Gasteiger partial charge in [0.15, 0.2) is 0 Å². The van der Waals surface area contributed by atoms with Crippen LogP contribution in [0.15, 0.2) is 18.2 Å². The summed E-state index contributed by atoms with van der Waals surface area (Å²) in [6.07, 6.45) is 2.55. The molecule has 0 radical (unpaired) electrons. The second-order valence-corrected chi connectivity index (χ2v) is 5.57. The molecule has 5 nitrogen and oxygen atoms in total. The first kappa shape index (κ1) is 16.4. The molecule has 0 fully saturated rings. The molecule has 0 atom stereocenters. The van der Waals surface area contributed by atoms with E-state index in [0.717, 1.165) is 11.0 Å². The predicted octanol–water partition coefficient (Wildman–Crippen LogP) is 2.34. The molecule has 0 bridgehead atoms. The molecule has 1 aromatic rings. The Morgan fingerprint density at radius 2 is 2.15 bits per heavy atom. The number of nitrogens with zero attached hydrogens (tertiary/aromatic N) is 1. The van der Waals surface area contributed by atoms with Crippen LogP contribution in [0.1, 0.15) is 28.4 Å². The van der Waals surface area contributed by atoms with Crippen molar-refractivity contribution in [3.8, 4) is 0 Å². The Hall–Kier alpha value is -1.66. The monoisotopic (exact) mass is 297 g/mol. The molecule has 0 saturated carbocycles. The topological polar surface area (TPSA) is 66.8 Å². The highest BCUT2D eigenvalue weighted by Gasteiger charge is 2.19. The third-order valence-corrected chi connectivity index (χ3v) is 3.69. The number of carbonyl (C=O) groups excluding carboxylic acids is 1. The van der Waals surface area contributed by atoms with Gasteiger partial charge in [0.1, 0.15) is 0 Å². The molecule has 0 aliphatic heterocycles. The lowest BCUT2D eigenvalue weighted by atomic mass is 10.3. The van der Waals surface area contributed by atoms with E-state index in [9.17, 15) is 9.59 Å². The summed E-state index contributed by atoms with van der Waals surface area (Å²) in [5, 5.41) is 8.58. The summed E-state index contributed by atoms with van der Waals surface area (Å²) in [7, 11) is 1.60. The van der Waals surface area contributed by atoms with Gasteiger partial charge in [0, 0.05) is 30.6 Å². The molecule has 1 aromatic heterocycles. The molecule has 20 heavy (non-hydrogen) atoms. The third kappa shape index (κ3) is 4.79. The number of methoxy groups -OCH3 is 1. The molecule has 6 heteroatoms. The number of hydrogen-bond donors (Lipinski definition) is 1. The maximum Gasteiger partial charge on any atom is 0.328 e. The van der Waals surface area contributed by atoms with Crippen molar-refractivity contribution in [3.05, 3.63) is 28.0 Å². The van der Waals surface area contributed by atoms with Gasteiger partial charge in [0.25, 0.3) is 5.91 Å². The van der Waals surface area contributed by atoms with Crippen molar-refractivity contribution in [3.63, 3.8) is 0 Å². The average molecular weight is 297 g/mol. The fourth-order valence-corrected chi connectivity index (χ4v) is 2.50. The largest absolute Gasteiger partial charge is 0.478 e. The number of amides is 1. The first-order valence-corrected chi connectivity index (χ1v) is 7.08. The lowest BCUT2D eigenvalue weighted by Gasteiger charge is -2.25. The van der Waals surface area contributed by atoms with Crippen molar-refractivity contribution in [1.82, 2.24) is 4.90 Å². The van der Waals surface area contributed by atoms with Gasteiger partial charge in [-0.15, -0.1) is 11.3 Å². The number of carboxylic acids is 1. The maximum absolute atomic E-state index is 12.4. The minimum Gasteiger partial charge on any atom is -0.478 e. The Kier molecular flexibility index (Phi) is 6.41. The number of ether oxygens (including phenoxy) is 1. The molecule has 0 aromatic carbocycles. The highest BCUT2D eigenvalue weighted by molar-refractivity contribution is 7.14. The molecular weight excluding hydrogens is 278 g/mol. The maximum atomic E-state index is 12.4. The third-order valence-electron chi connectivity index (χ3n) is 2.65. The molecule has 110 valence electrons. The zero-order valence-electron chi connectivity index (χ0n) is 11.8. The summed E-state index contributed by atoms with van der Waals surface area (Å²) >= 11 is 1.28. The highest BCUT2D eigenvalue weighted by Crippen LogP contribution is 2.20. The van der Waals surface area contributed by atoms with Crippen LogP contribution in [0.25, 0.3) is 6.08 Å². The number of thiophene rings is 1. The van der Waals surface area contributed by atoms with Gasteiger partial charge in [-0.2, -0.15) is 0 Å². The van der Waals surface area contributed by atoms with Crippen molar-refractivity contribution < 1.29 is 19.4 Å². The van der Waals surface area contributed by atoms with E-state index in [1.165, 1.54) is 17.4 Å². The van der Waals surface area contributed by atoms with E-state index in [0.29, 0.717) is 18.0 Å². The van der Waals surface area contributed by atoms with Gasteiger partial charge >= 0.3 is 5.97 Å². The van der Waals surface area contributed by atoms with Crippen LogP contribution < -0.4 is 0 Å². The van der Waals surface area contributed by atoms with Crippen LogP contribution >= 0.6 is 11.3 Å². The predicted molar refractivity (Wildman–Crippen MR) is 79.0 cm³/mol. The van der Waals surface area contributed by atoms with E-state index >= 15 is 0 Å². The SMILES string of the molecule is COCCN(C(=O)c1ccc(/C=C/C(=O)O)s1)C(C)C. The van der Waals surface area contributed by atoms with Gasteiger partial charge in [-0.05, 0) is 32.1 Å². The first-order valence-electron chi connectivity index (χ1n) is 6.26.